The fourth-order valence-corrected chi connectivity index (χ4v) is 2.40. The highest BCUT2D eigenvalue weighted by atomic mass is 19.2. The number of benzene rings is 2. The molecule has 0 spiro atoms. The summed E-state index contributed by atoms with van der Waals surface area (Å²) in [4.78, 5) is 1.95. The Balaban J connectivity index is 1.92. The molecule has 0 saturated heterocycles. The van der Waals surface area contributed by atoms with Gasteiger partial charge < -0.3 is 10.2 Å². The summed E-state index contributed by atoms with van der Waals surface area (Å²) >= 11 is 0. The molecule has 0 amide bonds. The van der Waals surface area contributed by atoms with Gasteiger partial charge in [0.2, 0.25) is 0 Å². The third-order valence-corrected chi connectivity index (χ3v) is 3.42. The normalized spacial score (nSPS) is 13.8. The Kier molecular flexibility index (Phi) is 3.26. The molecule has 0 fully saturated rings. The van der Waals surface area contributed by atoms with Crippen molar-refractivity contribution in [2.24, 2.45) is 0 Å². The van der Waals surface area contributed by atoms with Crippen LogP contribution in [-0.4, -0.2) is 13.1 Å². The Morgan fingerprint density at radius 2 is 1.80 bits per heavy atom. The predicted octanol–water partition coefficient (Wildman–Crippen LogP) is 3.54. The number of hydrogen-bond donors (Lipinski definition) is 1. The van der Waals surface area contributed by atoms with E-state index in [4.69, 9.17) is 0 Å². The van der Waals surface area contributed by atoms with Gasteiger partial charge in [0.05, 0.1) is 11.4 Å². The van der Waals surface area contributed by atoms with E-state index in [0.29, 0.717) is 6.54 Å². The Labute approximate surface area is 114 Å². The van der Waals surface area contributed by atoms with Crippen LogP contribution in [0.2, 0.25) is 0 Å². The number of halogens is 3. The minimum atomic E-state index is -1.41. The molecule has 0 saturated carbocycles. The molecule has 5 heteroatoms. The van der Waals surface area contributed by atoms with E-state index in [-0.39, 0.29) is 12.1 Å². The second kappa shape index (κ2) is 5.07. The minimum absolute atomic E-state index is 0.153. The van der Waals surface area contributed by atoms with Crippen LogP contribution in [-0.2, 0) is 6.54 Å². The molecule has 104 valence electrons. The van der Waals surface area contributed by atoms with Crippen molar-refractivity contribution < 1.29 is 13.2 Å². The van der Waals surface area contributed by atoms with Gasteiger partial charge in [-0.05, 0) is 18.2 Å². The van der Waals surface area contributed by atoms with Crippen molar-refractivity contribution in [3.8, 4) is 0 Å². The van der Waals surface area contributed by atoms with Crippen molar-refractivity contribution >= 4 is 11.4 Å². The summed E-state index contributed by atoms with van der Waals surface area (Å²) < 4.78 is 39.9. The first-order chi connectivity index (χ1) is 9.66. The van der Waals surface area contributed by atoms with E-state index in [9.17, 15) is 13.2 Å². The van der Waals surface area contributed by atoms with Gasteiger partial charge >= 0.3 is 0 Å². The number of hydrogen-bond acceptors (Lipinski definition) is 2. The van der Waals surface area contributed by atoms with Crippen molar-refractivity contribution in [1.29, 1.82) is 0 Å². The van der Waals surface area contributed by atoms with Gasteiger partial charge in [0, 0.05) is 25.2 Å². The summed E-state index contributed by atoms with van der Waals surface area (Å²) in [5.41, 5.74) is 2.05. The molecule has 2 aromatic rings. The molecule has 0 atom stereocenters. The second-order valence-electron chi connectivity index (χ2n) is 4.70. The lowest BCUT2D eigenvalue weighted by atomic mass is 10.1. The van der Waals surface area contributed by atoms with Crippen molar-refractivity contribution in [2.75, 3.05) is 23.3 Å². The first-order valence-electron chi connectivity index (χ1n) is 6.37. The zero-order valence-electron chi connectivity index (χ0n) is 10.7. The number of anilines is 2. The molecular formula is C15H13F3N2. The first-order valence-corrected chi connectivity index (χ1v) is 6.37. The summed E-state index contributed by atoms with van der Waals surface area (Å²) in [7, 11) is 0. The van der Waals surface area contributed by atoms with Crippen molar-refractivity contribution in [3.05, 3.63) is 59.4 Å². The lowest BCUT2D eigenvalue weighted by Gasteiger charge is -2.32. The van der Waals surface area contributed by atoms with Gasteiger partial charge in [0.1, 0.15) is 0 Å². The fourth-order valence-electron chi connectivity index (χ4n) is 2.40. The third kappa shape index (κ3) is 2.19. The second-order valence-corrected chi connectivity index (χ2v) is 4.70. The Morgan fingerprint density at radius 1 is 1.00 bits per heavy atom. The summed E-state index contributed by atoms with van der Waals surface area (Å²) in [5, 5.41) is 3.24. The van der Waals surface area contributed by atoms with Gasteiger partial charge in [-0.3, -0.25) is 0 Å². The monoisotopic (exact) mass is 278 g/mol. The smallest absolute Gasteiger partial charge is 0.194 e. The molecule has 0 radical (unpaired) electrons. The number of para-hydroxylation sites is 2. The lowest BCUT2D eigenvalue weighted by Crippen LogP contribution is -2.33. The molecule has 1 heterocycles. The average Bonchev–Trinajstić information content (AvgIpc) is 2.48. The highest BCUT2D eigenvalue weighted by Crippen LogP contribution is 2.30. The van der Waals surface area contributed by atoms with Gasteiger partial charge in [0.25, 0.3) is 0 Å². The van der Waals surface area contributed by atoms with Gasteiger partial charge in [-0.1, -0.05) is 18.2 Å². The van der Waals surface area contributed by atoms with Crippen LogP contribution in [0.5, 0.6) is 0 Å². The standard InChI is InChI=1S/C15H13F3N2/c16-11-6-5-10(14(17)15(11)18)9-20-8-7-19-12-3-1-2-4-13(12)20/h1-6,19H,7-9H2. The molecule has 3 rings (SSSR count). The number of rotatable bonds is 2. The molecule has 0 unspecified atom stereocenters. The van der Waals surface area contributed by atoms with Gasteiger partial charge in [-0.2, -0.15) is 0 Å². The van der Waals surface area contributed by atoms with E-state index in [1.165, 1.54) is 6.07 Å². The predicted molar refractivity (Wildman–Crippen MR) is 72.3 cm³/mol. The summed E-state index contributed by atoms with van der Waals surface area (Å²) in [6.45, 7) is 1.61. The highest BCUT2D eigenvalue weighted by molar-refractivity contribution is 5.71. The largest absolute Gasteiger partial charge is 0.382 e. The Hall–Kier alpha value is -2.17. The summed E-state index contributed by atoms with van der Waals surface area (Å²) in [6, 6.07) is 9.90. The van der Waals surface area contributed by atoms with Gasteiger partial charge in [0.15, 0.2) is 17.5 Å². The SMILES string of the molecule is Fc1ccc(CN2CCNc3ccccc32)c(F)c1F. The maximum absolute atomic E-state index is 13.7. The molecule has 2 nitrogen and oxygen atoms in total. The van der Waals surface area contributed by atoms with Crippen LogP contribution in [0.25, 0.3) is 0 Å². The van der Waals surface area contributed by atoms with Gasteiger partial charge in [-0.15, -0.1) is 0 Å². The molecule has 0 aliphatic carbocycles. The first kappa shape index (κ1) is 12.8. The van der Waals surface area contributed by atoms with E-state index in [2.05, 4.69) is 5.32 Å². The summed E-state index contributed by atoms with van der Waals surface area (Å²) in [5.74, 6) is -3.68. The number of nitrogens with one attached hydrogen (secondary N) is 1. The van der Waals surface area contributed by atoms with Crippen LogP contribution in [0.15, 0.2) is 36.4 Å². The fraction of sp³-hybridized carbons (Fsp3) is 0.200. The molecule has 1 aliphatic heterocycles. The molecule has 0 aromatic heterocycles. The van der Waals surface area contributed by atoms with E-state index >= 15 is 0 Å². The number of fused-ring (bicyclic) bond motifs is 1. The zero-order chi connectivity index (χ0) is 14.1. The minimum Gasteiger partial charge on any atom is -0.382 e. The lowest BCUT2D eigenvalue weighted by molar-refractivity contribution is 0.440. The quantitative estimate of drug-likeness (QED) is 0.845. The van der Waals surface area contributed by atoms with Crippen molar-refractivity contribution in [1.82, 2.24) is 0 Å². The molecule has 2 aromatic carbocycles. The van der Waals surface area contributed by atoms with Crippen LogP contribution in [0, 0.1) is 17.5 Å². The van der Waals surface area contributed by atoms with E-state index in [1.54, 1.807) is 0 Å². The maximum atomic E-state index is 13.7. The molecule has 0 bridgehead atoms. The average molecular weight is 278 g/mol. The maximum Gasteiger partial charge on any atom is 0.194 e. The zero-order valence-corrected chi connectivity index (χ0v) is 10.7. The van der Waals surface area contributed by atoms with Crippen LogP contribution >= 0.6 is 0 Å². The molecule has 20 heavy (non-hydrogen) atoms. The van der Waals surface area contributed by atoms with E-state index < -0.39 is 17.5 Å². The van der Waals surface area contributed by atoms with Crippen LogP contribution in [0.4, 0.5) is 24.5 Å². The molecule has 1 aliphatic rings. The summed E-state index contributed by atoms with van der Waals surface area (Å²) in [6.07, 6.45) is 0. The van der Waals surface area contributed by atoms with Crippen molar-refractivity contribution in [3.63, 3.8) is 0 Å². The van der Waals surface area contributed by atoms with Crippen LogP contribution < -0.4 is 10.2 Å². The number of nitrogens with zero attached hydrogens (tertiary/aromatic N) is 1. The van der Waals surface area contributed by atoms with Crippen LogP contribution in [0.1, 0.15) is 5.56 Å². The van der Waals surface area contributed by atoms with Crippen LogP contribution in [0.3, 0.4) is 0 Å². The Morgan fingerprint density at radius 3 is 2.65 bits per heavy atom. The van der Waals surface area contributed by atoms with E-state index in [0.717, 1.165) is 24.0 Å². The Bertz CT molecular complexity index is 643. The molecule has 1 N–H and O–H groups in total. The highest BCUT2D eigenvalue weighted by Gasteiger charge is 2.19. The van der Waals surface area contributed by atoms with E-state index in [1.807, 2.05) is 29.2 Å². The third-order valence-electron chi connectivity index (χ3n) is 3.42. The van der Waals surface area contributed by atoms with Crippen molar-refractivity contribution in [2.45, 2.75) is 6.54 Å². The molecular weight excluding hydrogens is 265 g/mol. The van der Waals surface area contributed by atoms with Gasteiger partial charge in [-0.25, -0.2) is 13.2 Å². The topological polar surface area (TPSA) is 15.3 Å².